The number of Topliss-reactive ketones (excluding diaryl/α,β-unsaturated/α-hetero) is 1. The van der Waals surface area contributed by atoms with Gasteiger partial charge < -0.3 is 15.8 Å². The Bertz CT molecular complexity index is 472. The molecule has 1 rings (SSSR count). The van der Waals surface area contributed by atoms with Crippen molar-refractivity contribution in [2.45, 2.75) is 32.4 Å². The lowest BCUT2D eigenvalue weighted by Gasteiger charge is -2.08. The summed E-state index contributed by atoms with van der Waals surface area (Å²) >= 11 is 1.15. The molecule has 0 spiro atoms. The van der Waals surface area contributed by atoms with Gasteiger partial charge in [-0.25, -0.2) is 0 Å². The lowest BCUT2D eigenvalue weighted by Crippen LogP contribution is -2.08. The van der Waals surface area contributed by atoms with Crippen LogP contribution >= 0.6 is 11.3 Å². The van der Waals surface area contributed by atoms with Crippen molar-refractivity contribution in [3.8, 4) is 5.75 Å². The molecule has 0 aliphatic carbocycles. The second kappa shape index (κ2) is 6.83. The molecule has 0 bridgehead atoms. The Labute approximate surface area is 119 Å². The fourth-order valence-electron chi connectivity index (χ4n) is 1.66. The van der Waals surface area contributed by atoms with E-state index in [0.717, 1.165) is 11.3 Å². The predicted molar refractivity (Wildman–Crippen MR) is 73.7 cm³/mol. The molecule has 0 aliphatic heterocycles. The summed E-state index contributed by atoms with van der Waals surface area (Å²) in [5.41, 5.74) is 6.05. The molecule has 8 heteroatoms. The lowest BCUT2D eigenvalue weighted by molar-refractivity contribution is -0.135. The first kappa shape index (κ1) is 16.6. The van der Waals surface area contributed by atoms with Crippen molar-refractivity contribution in [2.24, 2.45) is 0 Å². The van der Waals surface area contributed by atoms with Gasteiger partial charge >= 0.3 is 6.18 Å². The third kappa shape index (κ3) is 4.59. The number of carbonyl (C=O) groups excluding carboxylic acids is 1. The van der Waals surface area contributed by atoms with Gasteiger partial charge in [-0.1, -0.05) is 0 Å². The Balaban J connectivity index is 2.56. The van der Waals surface area contributed by atoms with Crippen LogP contribution in [0.4, 0.5) is 23.9 Å². The number of nitrogens with two attached hydrogens (primary N) is 1. The van der Waals surface area contributed by atoms with Gasteiger partial charge in [0.05, 0.1) is 17.7 Å². The van der Waals surface area contributed by atoms with E-state index in [-0.39, 0.29) is 17.9 Å². The molecule has 0 saturated heterocycles. The largest absolute Gasteiger partial charge is 0.492 e. The van der Waals surface area contributed by atoms with Crippen LogP contribution in [0.15, 0.2) is 0 Å². The van der Waals surface area contributed by atoms with Crippen LogP contribution in [0.2, 0.25) is 0 Å². The molecule has 3 N–H and O–H groups in total. The van der Waals surface area contributed by atoms with Crippen LogP contribution in [0.3, 0.4) is 0 Å². The fourth-order valence-corrected chi connectivity index (χ4v) is 2.67. The van der Waals surface area contributed by atoms with Crippen molar-refractivity contribution in [3.63, 3.8) is 0 Å². The van der Waals surface area contributed by atoms with E-state index < -0.39 is 12.6 Å². The molecule has 114 valence electrons. The van der Waals surface area contributed by atoms with E-state index in [4.69, 9.17) is 10.5 Å². The predicted octanol–water partition coefficient (Wildman–Crippen LogP) is 3.69. The third-order valence-corrected chi connectivity index (χ3v) is 3.84. The van der Waals surface area contributed by atoms with Crippen molar-refractivity contribution in [2.75, 3.05) is 24.7 Å². The average molecular weight is 310 g/mol. The summed E-state index contributed by atoms with van der Waals surface area (Å²) in [6, 6.07) is 0. The molecular weight excluding hydrogens is 293 g/mol. The molecular formula is C12H17F3N2O2S. The number of carbonyl (C=O) groups is 1. The van der Waals surface area contributed by atoms with Crippen LogP contribution in [0.25, 0.3) is 0 Å². The number of unbranched alkanes of at least 4 members (excludes halogenated alkanes) is 1. The Hall–Kier alpha value is -1.44. The Morgan fingerprint density at radius 2 is 2.05 bits per heavy atom. The number of alkyl halides is 3. The number of hydrogen-bond donors (Lipinski definition) is 2. The highest BCUT2D eigenvalue weighted by molar-refractivity contribution is 7.19. The Kier molecular flexibility index (Phi) is 5.67. The molecule has 1 aromatic heterocycles. The topological polar surface area (TPSA) is 64.3 Å². The second-order valence-electron chi connectivity index (χ2n) is 4.26. The monoisotopic (exact) mass is 310 g/mol. The van der Waals surface area contributed by atoms with Gasteiger partial charge in [-0.05, 0) is 12.8 Å². The summed E-state index contributed by atoms with van der Waals surface area (Å²) in [6.45, 7) is 1.76. The zero-order valence-electron chi connectivity index (χ0n) is 11.3. The van der Waals surface area contributed by atoms with E-state index in [1.54, 1.807) is 0 Å². The number of nitrogen functional groups attached to an aromatic ring is 1. The van der Waals surface area contributed by atoms with E-state index in [0.29, 0.717) is 28.6 Å². The molecule has 0 radical (unpaired) electrons. The highest BCUT2D eigenvalue weighted by atomic mass is 32.1. The summed E-state index contributed by atoms with van der Waals surface area (Å²) in [6.07, 6.45) is -4.49. The van der Waals surface area contributed by atoms with Crippen LogP contribution in [-0.4, -0.2) is 25.6 Å². The number of ether oxygens (including phenoxy) is 1. The van der Waals surface area contributed by atoms with Crippen molar-refractivity contribution in [1.82, 2.24) is 0 Å². The number of hydrogen-bond acceptors (Lipinski definition) is 5. The number of halogens is 3. The number of thiophene rings is 1. The maximum absolute atomic E-state index is 12.0. The van der Waals surface area contributed by atoms with Crippen molar-refractivity contribution < 1.29 is 22.7 Å². The zero-order valence-corrected chi connectivity index (χ0v) is 12.1. The summed E-state index contributed by atoms with van der Waals surface area (Å²) in [4.78, 5) is 11.7. The molecule has 0 aliphatic rings. The van der Waals surface area contributed by atoms with Gasteiger partial charge in [-0.2, -0.15) is 13.2 Å². The van der Waals surface area contributed by atoms with E-state index in [9.17, 15) is 18.0 Å². The molecule has 1 aromatic rings. The van der Waals surface area contributed by atoms with Gasteiger partial charge in [-0.3, -0.25) is 4.79 Å². The first-order valence-electron chi connectivity index (χ1n) is 6.04. The quantitative estimate of drug-likeness (QED) is 0.595. The fraction of sp³-hybridized carbons (Fsp3) is 0.583. The van der Waals surface area contributed by atoms with Crippen LogP contribution in [0.1, 0.15) is 35.9 Å². The van der Waals surface area contributed by atoms with Gasteiger partial charge in [0.2, 0.25) is 0 Å². The standard InChI is InChI=1S/C12H17F3N2O2S/c1-7(18)10-8(16)9(19-2)11(20-10)17-6-4-3-5-12(13,14)15/h17H,3-6,16H2,1-2H3. The van der Waals surface area contributed by atoms with E-state index in [1.165, 1.54) is 14.0 Å². The normalized spacial score (nSPS) is 11.4. The van der Waals surface area contributed by atoms with E-state index >= 15 is 0 Å². The molecule has 1 heterocycles. The van der Waals surface area contributed by atoms with Crippen LogP contribution in [0.5, 0.6) is 5.75 Å². The number of nitrogens with one attached hydrogen (secondary N) is 1. The van der Waals surface area contributed by atoms with Crippen molar-refractivity contribution in [3.05, 3.63) is 4.88 Å². The maximum Gasteiger partial charge on any atom is 0.389 e. The number of ketones is 1. The minimum absolute atomic E-state index is 0.0548. The minimum Gasteiger partial charge on any atom is -0.492 e. The van der Waals surface area contributed by atoms with Gasteiger partial charge in [0.1, 0.15) is 5.00 Å². The molecule has 20 heavy (non-hydrogen) atoms. The van der Waals surface area contributed by atoms with Crippen LogP contribution in [0, 0.1) is 0 Å². The van der Waals surface area contributed by atoms with Gasteiger partial charge in [0, 0.05) is 19.9 Å². The number of rotatable bonds is 7. The summed E-state index contributed by atoms with van der Waals surface area (Å²) in [5, 5.41) is 3.53. The number of anilines is 2. The van der Waals surface area contributed by atoms with Crippen molar-refractivity contribution >= 4 is 27.8 Å². The molecule has 4 nitrogen and oxygen atoms in total. The molecule has 0 saturated carbocycles. The summed E-state index contributed by atoms with van der Waals surface area (Å²) < 4.78 is 41.0. The minimum atomic E-state index is -4.12. The first-order chi connectivity index (χ1) is 9.26. The molecule has 0 atom stereocenters. The van der Waals surface area contributed by atoms with Crippen molar-refractivity contribution in [1.29, 1.82) is 0 Å². The SMILES string of the molecule is COc1c(NCCCCC(F)(F)F)sc(C(C)=O)c1N. The highest BCUT2D eigenvalue weighted by Gasteiger charge is 2.26. The van der Waals surface area contributed by atoms with Gasteiger partial charge in [0.15, 0.2) is 11.5 Å². The second-order valence-corrected chi connectivity index (χ2v) is 5.28. The molecule has 0 amide bonds. The van der Waals surface area contributed by atoms with Crippen LogP contribution in [-0.2, 0) is 0 Å². The van der Waals surface area contributed by atoms with E-state index in [1.807, 2.05) is 0 Å². The van der Waals surface area contributed by atoms with Gasteiger partial charge in [-0.15, -0.1) is 11.3 Å². The molecule has 0 aromatic carbocycles. The maximum atomic E-state index is 12.0. The summed E-state index contributed by atoms with van der Waals surface area (Å²) in [5.74, 6) is 0.201. The zero-order chi connectivity index (χ0) is 15.3. The first-order valence-corrected chi connectivity index (χ1v) is 6.85. The smallest absolute Gasteiger partial charge is 0.389 e. The molecule has 0 fully saturated rings. The Morgan fingerprint density at radius 1 is 1.40 bits per heavy atom. The average Bonchev–Trinajstić information content (AvgIpc) is 2.64. The molecule has 0 unspecified atom stereocenters. The van der Waals surface area contributed by atoms with Crippen LogP contribution < -0.4 is 15.8 Å². The Morgan fingerprint density at radius 3 is 2.55 bits per heavy atom. The number of methoxy groups -OCH3 is 1. The lowest BCUT2D eigenvalue weighted by atomic mass is 10.2. The highest BCUT2D eigenvalue weighted by Crippen LogP contribution is 2.42. The summed E-state index contributed by atoms with van der Waals surface area (Å²) in [7, 11) is 1.43. The van der Waals surface area contributed by atoms with Gasteiger partial charge in [0.25, 0.3) is 0 Å². The third-order valence-electron chi connectivity index (χ3n) is 2.60. The van der Waals surface area contributed by atoms with E-state index in [2.05, 4.69) is 5.32 Å².